The van der Waals surface area contributed by atoms with Gasteiger partial charge in [-0.15, -0.1) is 0 Å². The molecule has 3 heteroatoms. The lowest BCUT2D eigenvalue weighted by Gasteiger charge is -2.41. The number of nitrogens with one attached hydrogen (secondary N) is 1. The van der Waals surface area contributed by atoms with Crippen molar-refractivity contribution >= 4 is 0 Å². The molecule has 1 aliphatic carbocycles. The van der Waals surface area contributed by atoms with E-state index in [1.807, 2.05) is 7.05 Å². The minimum Gasteiger partial charge on any atom is -0.394 e. The number of rotatable bonds is 6. The average molecular weight is 254 g/mol. The van der Waals surface area contributed by atoms with Gasteiger partial charge in [-0.1, -0.05) is 6.42 Å². The van der Waals surface area contributed by atoms with E-state index in [4.69, 9.17) is 0 Å². The molecule has 2 rings (SSSR count). The summed E-state index contributed by atoms with van der Waals surface area (Å²) in [5.74, 6) is 1.96. The summed E-state index contributed by atoms with van der Waals surface area (Å²) < 4.78 is 0. The monoisotopic (exact) mass is 254 g/mol. The minimum absolute atomic E-state index is 0.0916. The Hall–Kier alpha value is -0.120. The van der Waals surface area contributed by atoms with Crippen molar-refractivity contribution in [2.45, 2.75) is 51.0 Å². The van der Waals surface area contributed by atoms with Gasteiger partial charge in [0.05, 0.1) is 6.61 Å². The summed E-state index contributed by atoms with van der Waals surface area (Å²) in [5.41, 5.74) is -0.0916. The van der Waals surface area contributed by atoms with Crippen LogP contribution in [0.25, 0.3) is 0 Å². The molecule has 0 radical (unpaired) electrons. The fourth-order valence-electron chi connectivity index (χ4n) is 3.70. The van der Waals surface area contributed by atoms with Gasteiger partial charge in [0.2, 0.25) is 0 Å². The standard InChI is InChI=1S/C15H30N2O/c1-15(12-18,16-2)7-4-8-17-10-13-5-3-6-14(9-13)11-17/h13-14,16,18H,3-12H2,1-2H3. The van der Waals surface area contributed by atoms with E-state index in [1.54, 1.807) is 0 Å². The van der Waals surface area contributed by atoms with Gasteiger partial charge in [-0.05, 0) is 64.5 Å². The number of fused-ring (bicyclic) bond motifs is 2. The third-order valence-corrected chi connectivity index (χ3v) is 5.08. The Balaban J connectivity index is 1.71. The quantitative estimate of drug-likeness (QED) is 0.759. The van der Waals surface area contributed by atoms with Crippen molar-refractivity contribution in [1.29, 1.82) is 0 Å². The predicted molar refractivity (Wildman–Crippen MR) is 75.7 cm³/mol. The van der Waals surface area contributed by atoms with E-state index in [-0.39, 0.29) is 12.1 Å². The SMILES string of the molecule is CNC(C)(CO)CCCN1CC2CCCC(C2)C1. The molecule has 3 atom stereocenters. The lowest BCUT2D eigenvalue weighted by molar-refractivity contribution is 0.0807. The van der Waals surface area contributed by atoms with E-state index in [9.17, 15) is 5.11 Å². The highest BCUT2D eigenvalue weighted by Crippen LogP contribution is 2.34. The molecule has 1 saturated heterocycles. The summed E-state index contributed by atoms with van der Waals surface area (Å²) in [7, 11) is 1.95. The highest BCUT2D eigenvalue weighted by atomic mass is 16.3. The van der Waals surface area contributed by atoms with E-state index in [0.29, 0.717) is 0 Å². The number of likely N-dealkylation sites (N-methyl/N-ethyl adjacent to an activating group) is 1. The Kier molecular flexibility index (Phi) is 5.05. The van der Waals surface area contributed by atoms with Gasteiger partial charge < -0.3 is 15.3 Å². The third-order valence-electron chi connectivity index (χ3n) is 5.08. The van der Waals surface area contributed by atoms with E-state index in [1.165, 1.54) is 51.7 Å². The van der Waals surface area contributed by atoms with Crippen LogP contribution < -0.4 is 5.32 Å². The second kappa shape index (κ2) is 6.36. The molecule has 106 valence electrons. The van der Waals surface area contributed by atoms with Crippen LogP contribution in [0.4, 0.5) is 0 Å². The van der Waals surface area contributed by atoms with Crippen LogP contribution in [0.1, 0.15) is 45.4 Å². The van der Waals surface area contributed by atoms with Crippen molar-refractivity contribution in [3.63, 3.8) is 0 Å². The van der Waals surface area contributed by atoms with Gasteiger partial charge in [0.1, 0.15) is 0 Å². The zero-order valence-corrected chi connectivity index (χ0v) is 12.1. The van der Waals surface area contributed by atoms with Gasteiger partial charge in [0.15, 0.2) is 0 Å². The first-order valence-electron chi connectivity index (χ1n) is 7.67. The van der Waals surface area contributed by atoms with Gasteiger partial charge in [0, 0.05) is 18.6 Å². The van der Waals surface area contributed by atoms with E-state index >= 15 is 0 Å². The molecule has 2 fully saturated rings. The molecule has 0 amide bonds. The van der Waals surface area contributed by atoms with Crippen LogP contribution in [-0.4, -0.2) is 48.8 Å². The number of hydrogen-bond donors (Lipinski definition) is 2. The second-order valence-corrected chi connectivity index (χ2v) is 6.73. The average Bonchev–Trinajstić information content (AvgIpc) is 2.38. The number of aliphatic hydroxyl groups excluding tert-OH is 1. The topological polar surface area (TPSA) is 35.5 Å². The smallest absolute Gasteiger partial charge is 0.0610 e. The number of likely N-dealkylation sites (tertiary alicyclic amines) is 1. The highest BCUT2D eigenvalue weighted by molar-refractivity contribution is 4.85. The van der Waals surface area contributed by atoms with Crippen LogP contribution in [-0.2, 0) is 0 Å². The summed E-state index contributed by atoms with van der Waals surface area (Å²) in [6, 6.07) is 0. The first-order chi connectivity index (χ1) is 8.65. The Morgan fingerprint density at radius 1 is 1.28 bits per heavy atom. The van der Waals surface area contributed by atoms with Gasteiger partial charge in [-0.2, -0.15) is 0 Å². The molecular formula is C15H30N2O. The lowest BCUT2D eigenvalue weighted by Crippen LogP contribution is -2.45. The Morgan fingerprint density at radius 3 is 2.50 bits per heavy atom. The van der Waals surface area contributed by atoms with Crippen LogP contribution in [0.3, 0.4) is 0 Å². The molecule has 0 aromatic heterocycles. The van der Waals surface area contributed by atoms with Gasteiger partial charge >= 0.3 is 0 Å². The molecule has 3 unspecified atom stereocenters. The highest BCUT2D eigenvalue weighted by Gasteiger charge is 2.30. The fourth-order valence-corrected chi connectivity index (χ4v) is 3.70. The normalized spacial score (nSPS) is 32.2. The Labute approximate surface area is 112 Å². The van der Waals surface area contributed by atoms with Crippen molar-refractivity contribution in [2.75, 3.05) is 33.3 Å². The molecule has 2 bridgehead atoms. The fraction of sp³-hybridized carbons (Fsp3) is 1.00. The molecule has 1 saturated carbocycles. The second-order valence-electron chi connectivity index (χ2n) is 6.73. The van der Waals surface area contributed by atoms with E-state index in [2.05, 4.69) is 17.1 Å². The van der Waals surface area contributed by atoms with E-state index in [0.717, 1.165) is 18.3 Å². The number of aliphatic hydroxyl groups is 1. The first-order valence-corrected chi connectivity index (χ1v) is 7.67. The first kappa shape index (κ1) is 14.3. The number of piperidine rings is 1. The summed E-state index contributed by atoms with van der Waals surface area (Å²) in [6.07, 6.45) is 8.12. The Morgan fingerprint density at radius 2 is 1.94 bits per heavy atom. The summed E-state index contributed by atoms with van der Waals surface area (Å²) in [6.45, 7) is 6.20. The summed E-state index contributed by atoms with van der Waals surface area (Å²) >= 11 is 0. The summed E-state index contributed by atoms with van der Waals surface area (Å²) in [5, 5.41) is 12.6. The maximum atomic E-state index is 9.38. The predicted octanol–water partition coefficient (Wildman–Crippen LogP) is 1.86. The van der Waals surface area contributed by atoms with Crippen LogP contribution in [0.15, 0.2) is 0 Å². The molecule has 3 nitrogen and oxygen atoms in total. The van der Waals surface area contributed by atoms with Crippen molar-refractivity contribution in [1.82, 2.24) is 10.2 Å². The number of nitrogens with zero attached hydrogens (tertiary/aromatic N) is 1. The van der Waals surface area contributed by atoms with Crippen molar-refractivity contribution in [3.8, 4) is 0 Å². The minimum atomic E-state index is -0.0916. The largest absolute Gasteiger partial charge is 0.394 e. The molecule has 1 aliphatic heterocycles. The van der Waals surface area contributed by atoms with E-state index < -0.39 is 0 Å². The third kappa shape index (κ3) is 3.69. The molecule has 18 heavy (non-hydrogen) atoms. The van der Waals surface area contributed by atoms with Crippen molar-refractivity contribution in [2.24, 2.45) is 11.8 Å². The van der Waals surface area contributed by atoms with Crippen molar-refractivity contribution < 1.29 is 5.11 Å². The van der Waals surface area contributed by atoms with Crippen LogP contribution >= 0.6 is 0 Å². The molecule has 0 spiro atoms. The van der Waals surface area contributed by atoms with Crippen LogP contribution in [0, 0.1) is 11.8 Å². The number of hydrogen-bond acceptors (Lipinski definition) is 3. The lowest BCUT2D eigenvalue weighted by atomic mass is 9.78. The molecule has 0 aromatic carbocycles. The maximum Gasteiger partial charge on any atom is 0.0610 e. The van der Waals surface area contributed by atoms with Crippen LogP contribution in [0.5, 0.6) is 0 Å². The zero-order chi connectivity index (χ0) is 13.0. The maximum absolute atomic E-state index is 9.38. The molecule has 2 aliphatic rings. The molecule has 1 heterocycles. The van der Waals surface area contributed by atoms with Gasteiger partial charge in [-0.3, -0.25) is 0 Å². The molecular weight excluding hydrogens is 224 g/mol. The Bertz CT molecular complexity index is 241. The molecule has 2 N–H and O–H groups in total. The van der Waals surface area contributed by atoms with Crippen LogP contribution in [0.2, 0.25) is 0 Å². The zero-order valence-electron chi connectivity index (χ0n) is 12.1. The molecule has 0 aromatic rings. The van der Waals surface area contributed by atoms with Gasteiger partial charge in [0.25, 0.3) is 0 Å². The summed E-state index contributed by atoms with van der Waals surface area (Å²) in [4.78, 5) is 2.67. The van der Waals surface area contributed by atoms with Crippen molar-refractivity contribution in [3.05, 3.63) is 0 Å². The van der Waals surface area contributed by atoms with Gasteiger partial charge in [-0.25, -0.2) is 0 Å².